The summed E-state index contributed by atoms with van der Waals surface area (Å²) in [6.07, 6.45) is 11.6. The monoisotopic (exact) mass is 525 g/mol. The Morgan fingerprint density at radius 2 is 1.53 bits per heavy atom. The number of rotatable bonds is 14. The first-order valence-corrected chi connectivity index (χ1v) is 15.3. The van der Waals surface area contributed by atoms with E-state index in [0.717, 1.165) is 37.7 Å². The fourth-order valence-electron chi connectivity index (χ4n) is 5.52. The molecule has 7 nitrogen and oxygen atoms in total. The highest BCUT2D eigenvalue weighted by Gasteiger charge is 2.43. The molecule has 2 aliphatic rings. The number of hydrogen-bond donors (Lipinski definition) is 2. The molecule has 0 amide bonds. The van der Waals surface area contributed by atoms with Gasteiger partial charge in [-0.25, -0.2) is 8.42 Å². The van der Waals surface area contributed by atoms with Gasteiger partial charge >= 0.3 is 0 Å². The van der Waals surface area contributed by atoms with Gasteiger partial charge in [0.05, 0.1) is 36.4 Å². The van der Waals surface area contributed by atoms with Crippen LogP contribution in [-0.4, -0.2) is 66.2 Å². The number of aliphatic hydroxyl groups excluding tert-OH is 2. The van der Waals surface area contributed by atoms with Crippen molar-refractivity contribution in [1.29, 1.82) is 0 Å². The molecule has 0 spiro atoms. The van der Waals surface area contributed by atoms with Crippen molar-refractivity contribution < 1.29 is 28.1 Å². The Morgan fingerprint density at radius 1 is 0.944 bits per heavy atom. The Hall–Kier alpha value is -1.03. The van der Waals surface area contributed by atoms with Gasteiger partial charge in [-0.3, -0.25) is 0 Å². The van der Waals surface area contributed by atoms with E-state index in [9.17, 15) is 18.6 Å². The molecule has 0 bridgehead atoms. The van der Waals surface area contributed by atoms with Crippen LogP contribution in [0.5, 0.6) is 0 Å². The second kappa shape index (κ2) is 13.7. The number of piperidine rings is 1. The molecule has 0 aliphatic carbocycles. The van der Waals surface area contributed by atoms with Gasteiger partial charge in [0.15, 0.2) is 5.79 Å². The standard InChI is InChI=1S/C28H47NO6S/c1-22-14-17-25(18-15-22)36(32,33)29-23(16-19-27(31)26(29)20-30)12-10-8-6-4-5-7-9-11-13-24-21-34-28(2,3)35-24/h14-15,17-18,23-24,26-27,30-31H,4-13,16,19-21H2,1-3H3/t23-,24-,26+,27+/m1/s1. The molecule has 2 heterocycles. The highest BCUT2D eigenvalue weighted by Crippen LogP contribution is 2.33. The fourth-order valence-corrected chi connectivity index (χ4v) is 7.41. The van der Waals surface area contributed by atoms with Crippen molar-refractivity contribution in [3.05, 3.63) is 29.8 Å². The van der Waals surface area contributed by atoms with E-state index in [0.29, 0.717) is 19.4 Å². The predicted octanol–water partition coefficient (Wildman–Crippen LogP) is 4.92. The van der Waals surface area contributed by atoms with Crippen molar-refractivity contribution in [3.63, 3.8) is 0 Å². The van der Waals surface area contributed by atoms with Crippen LogP contribution in [0.25, 0.3) is 0 Å². The Kier molecular flexibility index (Phi) is 11.2. The molecule has 36 heavy (non-hydrogen) atoms. The van der Waals surface area contributed by atoms with E-state index in [1.54, 1.807) is 24.3 Å². The quantitative estimate of drug-likeness (QED) is 0.335. The Bertz CT molecular complexity index is 888. The first-order chi connectivity index (χ1) is 17.1. The summed E-state index contributed by atoms with van der Waals surface area (Å²) in [6, 6.07) is 5.83. The van der Waals surface area contributed by atoms with Crippen molar-refractivity contribution in [2.45, 2.75) is 133 Å². The third-order valence-electron chi connectivity index (χ3n) is 7.59. The van der Waals surface area contributed by atoms with Crippen LogP contribution in [0.15, 0.2) is 29.2 Å². The minimum Gasteiger partial charge on any atom is -0.395 e. The normalized spacial score (nSPS) is 26.9. The lowest BCUT2D eigenvalue weighted by Gasteiger charge is -2.43. The summed E-state index contributed by atoms with van der Waals surface area (Å²) in [7, 11) is -3.80. The lowest BCUT2D eigenvalue weighted by molar-refractivity contribution is -0.139. The van der Waals surface area contributed by atoms with E-state index in [1.165, 1.54) is 36.4 Å². The van der Waals surface area contributed by atoms with Gasteiger partial charge in [-0.2, -0.15) is 4.31 Å². The molecule has 0 unspecified atom stereocenters. The molecule has 8 heteroatoms. The molecule has 0 aromatic heterocycles. The van der Waals surface area contributed by atoms with Crippen LogP contribution in [-0.2, 0) is 19.5 Å². The van der Waals surface area contributed by atoms with Crippen LogP contribution in [0, 0.1) is 6.92 Å². The van der Waals surface area contributed by atoms with Crippen molar-refractivity contribution in [1.82, 2.24) is 4.31 Å². The van der Waals surface area contributed by atoms with Gasteiger partial charge in [0.25, 0.3) is 0 Å². The molecule has 2 N–H and O–H groups in total. The second-order valence-electron chi connectivity index (χ2n) is 11.1. The van der Waals surface area contributed by atoms with Gasteiger partial charge in [-0.15, -0.1) is 0 Å². The van der Waals surface area contributed by atoms with Gasteiger partial charge in [-0.05, 0) is 58.6 Å². The van der Waals surface area contributed by atoms with E-state index >= 15 is 0 Å². The zero-order valence-electron chi connectivity index (χ0n) is 22.4. The number of unbranched alkanes of at least 4 members (excludes halogenated alkanes) is 7. The van der Waals surface area contributed by atoms with Crippen LogP contribution in [0.4, 0.5) is 0 Å². The molecule has 206 valence electrons. The first-order valence-electron chi connectivity index (χ1n) is 13.8. The van der Waals surface area contributed by atoms with Gasteiger partial charge in [0.1, 0.15) is 0 Å². The zero-order valence-corrected chi connectivity index (χ0v) is 23.2. The smallest absolute Gasteiger partial charge is 0.243 e. The number of aryl methyl sites for hydroxylation is 1. The average molecular weight is 526 g/mol. The summed E-state index contributed by atoms with van der Waals surface area (Å²) in [6.45, 7) is 6.18. The van der Waals surface area contributed by atoms with Crippen molar-refractivity contribution in [2.24, 2.45) is 0 Å². The molecular weight excluding hydrogens is 478 g/mol. The number of hydrogen-bond acceptors (Lipinski definition) is 6. The van der Waals surface area contributed by atoms with E-state index in [-0.39, 0.29) is 23.6 Å². The minimum absolute atomic E-state index is 0.191. The third-order valence-corrected chi connectivity index (χ3v) is 9.58. The van der Waals surface area contributed by atoms with E-state index in [4.69, 9.17) is 9.47 Å². The molecule has 2 aliphatic heterocycles. The first kappa shape index (κ1) is 29.5. The Labute approximate surface area is 218 Å². The topological polar surface area (TPSA) is 96.3 Å². The number of nitrogens with zero attached hydrogens (tertiary/aromatic N) is 1. The van der Waals surface area contributed by atoms with Crippen LogP contribution in [0.2, 0.25) is 0 Å². The highest BCUT2D eigenvalue weighted by molar-refractivity contribution is 7.89. The molecule has 2 fully saturated rings. The third kappa shape index (κ3) is 8.23. The van der Waals surface area contributed by atoms with Gasteiger partial charge < -0.3 is 19.7 Å². The molecule has 0 radical (unpaired) electrons. The number of benzene rings is 1. The maximum absolute atomic E-state index is 13.5. The lowest BCUT2D eigenvalue weighted by Crippen LogP contribution is -2.57. The summed E-state index contributed by atoms with van der Waals surface area (Å²) in [5, 5.41) is 20.4. The van der Waals surface area contributed by atoms with E-state index in [1.807, 2.05) is 20.8 Å². The zero-order chi connectivity index (χ0) is 26.2. The number of aliphatic hydroxyl groups is 2. The van der Waals surface area contributed by atoms with Crippen LogP contribution < -0.4 is 0 Å². The van der Waals surface area contributed by atoms with Crippen LogP contribution in [0.1, 0.15) is 96.5 Å². The molecule has 2 saturated heterocycles. The predicted molar refractivity (Wildman–Crippen MR) is 141 cm³/mol. The second-order valence-corrected chi connectivity index (χ2v) is 12.9. The molecular formula is C28H47NO6S. The summed E-state index contributed by atoms with van der Waals surface area (Å²) >= 11 is 0. The van der Waals surface area contributed by atoms with Gasteiger partial charge in [0.2, 0.25) is 10.0 Å². The van der Waals surface area contributed by atoms with Crippen molar-refractivity contribution >= 4 is 10.0 Å². The molecule has 1 aromatic rings. The summed E-state index contributed by atoms with van der Waals surface area (Å²) in [4.78, 5) is 0.224. The van der Waals surface area contributed by atoms with Gasteiger partial charge in [-0.1, -0.05) is 69.1 Å². The summed E-state index contributed by atoms with van der Waals surface area (Å²) < 4.78 is 39.9. The minimum atomic E-state index is -3.80. The SMILES string of the molecule is Cc1ccc(S(=O)(=O)N2[C@H](CCCCCCCCCC[C@@H]3COC(C)(C)O3)CC[C@H](O)[C@@H]2CO)cc1. The number of sulfonamides is 1. The van der Waals surface area contributed by atoms with Crippen molar-refractivity contribution in [3.8, 4) is 0 Å². The van der Waals surface area contributed by atoms with E-state index in [2.05, 4.69) is 0 Å². The lowest BCUT2D eigenvalue weighted by atomic mass is 9.92. The summed E-state index contributed by atoms with van der Waals surface area (Å²) in [5.41, 5.74) is 0.990. The number of ether oxygens (including phenoxy) is 2. The van der Waals surface area contributed by atoms with Gasteiger partial charge in [0, 0.05) is 6.04 Å². The molecule has 0 saturated carbocycles. The molecule has 3 rings (SSSR count). The van der Waals surface area contributed by atoms with Crippen LogP contribution in [0.3, 0.4) is 0 Å². The molecule has 4 atom stereocenters. The van der Waals surface area contributed by atoms with Crippen LogP contribution >= 0.6 is 0 Å². The summed E-state index contributed by atoms with van der Waals surface area (Å²) in [5.74, 6) is -0.428. The maximum atomic E-state index is 13.5. The maximum Gasteiger partial charge on any atom is 0.243 e. The Balaban J connectivity index is 1.38. The highest BCUT2D eigenvalue weighted by atomic mass is 32.2. The largest absolute Gasteiger partial charge is 0.395 e. The molecule has 1 aromatic carbocycles. The average Bonchev–Trinajstić information content (AvgIpc) is 3.19. The Morgan fingerprint density at radius 3 is 2.08 bits per heavy atom. The van der Waals surface area contributed by atoms with E-state index < -0.39 is 28.0 Å². The van der Waals surface area contributed by atoms with Crippen molar-refractivity contribution in [2.75, 3.05) is 13.2 Å². The fraction of sp³-hybridized carbons (Fsp3) is 0.786.